The van der Waals surface area contributed by atoms with E-state index in [9.17, 15) is 14.4 Å². The van der Waals surface area contributed by atoms with Crippen LogP contribution in [0.15, 0.2) is 21.3 Å². The van der Waals surface area contributed by atoms with E-state index in [1.807, 2.05) is 0 Å². The van der Waals surface area contributed by atoms with E-state index in [4.69, 9.17) is 13.9 Å². The number of esters is 2. The van der Waals surface area contributed by atoms with Crippen molar-refractivity contribution in [2.45, 2.75) is 32.5 Å². The van der Waals surface area contributed by atoms with Crippen LogP contribution in [0, 0.1) is 6.92 Å². The molecule has 1 saturated heterocycles. The molecular formula is C12H12O6. The third-order valence-electron chi connectivity index (χ3n) is 2.41. The van der Waals surface area contributed by atoms with Gasteiger partial charge in [0.25, 0.3) is 5.79 Å². The van der Waals surface area contributed by atoms with Gasteiger partial charge in [0.05, 0.1) is 0 Å². The highest BCUT2D eigenvalue weighted by Crippen LogP contribution is 2.29. The Morgan fingerprint density at radius 1 is 1.06 bits per heavy atom. The van der Waals surface area contributed by atoms with Gasteiger partial charge in [-0.2, -0.15) is 0 Å². The second-order valence-electron chi connectivity index (χ2n) is 4.50. The Morgan fingerprint density at radius 2 is 1.61 bits per heavy atom. The van der Waals surface area contributed by atoms with Crippen LogP contribution in [0.5, 0.6) is 0 Å². The molecule has 1 fully saturated rings. The number of carbonyl (C=O) groups is 2. The fourth-order valence-corrected chi connectivity index (χ4v) is 1.79. The van der Waals surface area contributed by atoms with Gasteiger partial charge in [0, 0.05) is 19.9 Å². The van der Waals surface area contributed by atoms with Crippen molar-refractivity contribution in [3.8, 4) is 0 Å². The molecule has 0 spiro atoms. The number of ether oxygens (including phenoxy) is 2. The van der Waals surface area contributed by atoms with Gasteiger partial charge in [-0.15, -0.1) is 0 Å². The summed E-state index contributed by atoms with van der Waals surface area (Å²) in [6, 6.07) is 2.52. The zero-order chi connectivity index (χ0) is 13.5. The highest BCUT2D eigenvalue weighted by atomic mass is 16.7. The van der Waals surface area contributed by atoms with E-state index >= 15 is 0 Å². The largest absolute Gasteiger partial charge is 0.428 e. The topological polar surface area (TPSA) is 82.8 Å². The van der Waals surface area contributed by atoms with E-state index in [1.165, 1.54) is 19.9 Å². The van der Waals surface area contributed by atoms with Gasteiger partial charge in [0.15, 0.2) is 5.92 Å². The van der Waals surface area contributed by atoms with Gasteiger partial charge in [-0.05, 0) is 18.6 Å². The summed E-state index contributed by atoms with van der Waals surface area (Å²) in [5.74, 6) is -3.68. The number of hydrogen-bond acceptors (Lipinski definition) is 6. The van der Waals surface area contributed by atoms with Gasteiger partial charge in [0.1, 0.15) is 5.76 Å². The molecule has 0 amide bonds. The number of aryl methyl sites for hydroxylation is 1. The SMILES string of the molecule is Cc1cc(C2C(=O)OC(C)(C)OC2=O)cc(=O)o1. The lowest BCUT2D eigenvalue weighted by molar-refractivity contribution is -0.234. The van der Waals surface area contributed by atoms with Gasteiger partial charge in [-0.1, -0.05) is 0 Å². The quantitative estimate of drug-likeness (QED) is 0.544. The summed E-state index contributed by atoms with van der Waals surface area (Å²) < 4.78 is 14.7. The standard InChI is InChI=1S/C12H12O6/c1-6-4-7(5-8(13)16-6)9-10(14)17-12(2,3)18-11(9)15/h4-5,9H,1-3H3. The van der Waals surface area contributed by atoms with Crippen molar-refractivity contribution in [2.75, 3.05) is 0 Å². The molecule has 0 aromatic carbocycles. The smallest absolute Gasteiger partial charge is 0.336 e. The molecule has 0 aliphatic carbocycles. The predicted octanol–water partition coefficient (Wildman–Crippen LogP) is 0.868. The van der Waals surface area contributed by atoms with Crippen LogP contribution in [0.2, 0.25) is 0 Å². The summed E-state index contributed by atoms with van der Waals surface area (Å²) in [6.45, 7) is 4.47. The maximum absolute atomic E-state index is 11.8. The molecular weight excluding hydrogens is 240 g/mol. The molecule has 18 heavy (non-hydrogen) atoms. The Balaban J connectivity index is 2.42. The Hall–Kier alpha value is -2.11. The molecule has 0 radical (unpaired) electrons. The molecule has 0 N–H and O–H groups in total. The van der Waals surface area contributed by atoms with E-state index in [0.29, 0.717) is 5.76 Å². The van der Waals surface area contributed by atoms with Crippen molar-refractivity contribution in [3.05, 3.63) is 33.9 Å². The molecule has 1 aromatic heterocycles. The fourth-order valence-electron chi connectivity index (χ4n) is 1.79. The second kappa shape index (κ2) is 3.97. The Kier molecular flexibility index (Phi) is 2.73. The molecule has 0 bridgehead atoms. The van der Waals surface area contributed by atoms with E-state index < -0.39 is 29.3 Å². The second-order valence-corrected chi connectivity index (χ2v) is 4.50. The molecule has 6 heteroatoms. The maximum atomic E-state index is 11.8. The van der Waals surface area contributed by atoms with Crippen LogP contribution < -0.4 is 5.63 Å². The fraction of sp³-hybridized carbons (Fsp3) is 0.417. The van der Waals surface area contributed by atoms with Gasteiger partial charge in [-0.25, -0.2) is 4.79 Å². The van der Waals surface area contributed by atoms with Crippen molar-refractivity contribution < 1.29 is 23.5 Å². The van der Waals surface area contributed by atoms with E-state index in [2.05, 4.69) is 0 Å². The monoisotopic (exact) mass is 252 g/mol. The zero-order valence-corrected chi connectivity index (χ0v) is 10.2. The third-order valence-corrected chi connectivity index (χ3v) is 2.41. The van der Waals surface area contributed by atoms with Gasteiger partial charge >= 0.3 is 17.6 Å². The van der Waals surface area contributed by atoms with Crippen LogP contribution in [-0.2, 0) is 19.1 Å². The molecule has 0 saturated carbocycles. The summed E-state index contributed by atoms with van der Waals surface area (Å²) >= 11 is 0. The average molecular weight is 252 g/mol. The number of carbonyl (C=O) groups excluding carboxylic acids is 2. The minimum Gasteiger partial charge on any atom is -0.428 e. The zero-order valence-electron chi connectivity index (χ0n) is 10.2. The molecule has 1 aliphatic rings. The number of hydrogen-bond donors (Lipinski definition) is 0. The van der Waals surface area contributed by atoms with Gasteiger partial charge in [0.2, 0.25) is 0 Å². The molecule has 96 valence electrons. The van der Waals surface area contributed by atoms with Gasteiger partial charge < -0.3 is 13.9 Å². The van der Waals surface area contributed by atoms with Crippen LogP contribution in [-0.4, -0.2) is 17.7 Å². The van der Waals surface area contributed by atoms with E-state index in [-0.39, 0.29) is 5.56 Å². The molecule has 1 aliphatic heterocycles. The molecule has 0 unspecified atom stereocenters. The minimum absolute atomic E-state index is 0.217. The Bertz CT molecular complexity index is 548. The minimum atomic E-state index is -1.28. The summed E-state index contributed by atoms with van der Waals surface area (Å²) in [7, 11) is 0. The lowest BCUT2D eigenvalue weighted by atomic mass is 9.99. The normalized spacial score (nSPS) is 19.3. The number of cyclic esters (lactones) is 2. The van der Waals surface area contributed by atoms with Crippen molar-refractivity contribution in [2.24, 2.45) is 0 Å². The summed E-state index contributed by atoms with van der Waals surface area (Å²) in [6.07, 6.45) is 0. The van der Waals surface area contributed by atoms with E-state index in [1.54, 1.807) is 6.92 Å². The first kappa shape index (κ1) is 12.3. The highest BCUT2D eigenvalue weighted by Gasteiger charge is 2.44. The lowest BCUT2D eigenvalue weighted by Gasteiger charge is -2.32. The van der Waals surface area contributed by atoms with E-state index in [0.717, 1.165) is 6.07 Å². The van der Waals surface area contributed by atoms with Crippen molar-refractivity contribution in [1.29, 1.82) is 0 Å². The summed E-state index contributed by atoms with van der Waals surface area (Å²) in [5, 5.41) is 0. The van der Waals surface area contributed by atoms with Crippen LogP contribution >= 0.6 is 0 Å². The van der Waals surface area contributed by atoms with Crippen LogP contribution in [0.1, 0.15) is 31.1 Å². The average Bonchev–Trinajstić information content (AvgIpc) is 2.11. The first-order chi connectivity index (χ1) is 8.28. The van der Waals surface area contributed by atoms with Gasteiger partial charge in [-0.3, -0.25) is 9.59 Å². The van der Waals surface area contributed by atoms with Crippen molar-refractivity contribution >= 4 is 11.9 Å². The Morgan fingerprint density at radius 3 is 2.11 bits per heavy atom. The van der Waals surface area contributed by atoms with Crippen LogP contribution in [0.4, 0.5) is 0 Å². The number of rotatable bonds is 1. The van der Waals surface area contributed by atoms with Crippen molar-refractivity contribution in [3.63, 3.8) is 0 Å². The molecule has 2 rings (SSSR count). The first-order valence-electron chi connectivity index (χ1n) is 5.36. The maximum Gasteiger partial charge on any atom is 0.336 e. The molecule has 1 aromatic rings. The third kappa shape index (κ3) is 2.27. The first-order valence-corrected chi connectivity index (χ1v) is 5.36. The highest BCUT2D eigenvalue weighted by molar-refractivity contribution is 6.02. The predicted molar refractivity (Wildman–Crippen MR) is 58.7 cm³/mol. The van der Waals surface area contributed by atoms with Crippen LogP contribution in [0.25, 0.3) is 0 Å². The lowest BCUT2D eigenvalue weighted by Crippen LogP contribution is -2.45. The molecule has 0 atom stereocenters. The molecule has 2 heterocycles. The summed E-state index contributed by atoms with van der Waals surface area (Å²) in [5.41, 5.74) is -0.412. The van der Waals surface area contributed by atoms with Crippen LogP contribution in [0.3, 0.4) is 0 Å². The Labute approximate surface area is 102 Å². The van der Waals surface area contributed by atoms with Crippen molar-refractivity contribution in [1.82, 2.24) is 0 Å². The molecule has 6 nitrogen and oxygen atoms in total. The summed E-state index contributed by atoms with van der Waals surface area (Å²) in [4.78, 5) is 34.8.